The second kappa shape index (κ2) is 9.80. The van der Waals surface area contributed by atoms with Crippen LogP contribution in [0.3, 0.4) is 0 Å². The number of amides is 1. The third-order valence-corrected chi connectivity index (χ3v) is 4.11. The lowest BCUT2D eigenvalue weighted by Gasteiger charge is -2.10. The predicted molar refractivity (Wildman–Crippen MR) is 100 cm³/mol. The monoisotopic (exact) mass is 359 g/mol. The van der Waals surface area contributed by atoms with Crippen LogP contribution in [0.25, 0.3) is 0 Å². The lowest BCUT2D eigenvalue weighted by Crippen LogP contribution is -2.22. The number of carbonyl (C=O) groups excluding carboxylic acids is 1. The van der Waals surface area contributed by atoms with E-state index in [0.29, 0.717) is 25.1 Å². The van der Waals surface area contributed by atoms with Crippen molar-refractivity contribution in [2.75, 3.05) is 13.7 Å². The van der Waals surface area contributed by atoms with Crippen molar-refractivity contribution in [2.24, 2.45) is 0 Å². The van der Waals surface area contributed by atoms with Gasteiger partial charge in [0.15, 0.2) is 11.6 Å². The molecule has 5 heteroatoms. The number of ether oxygens (including phenoxy) is 2. The molecule has 2 aromatic rings. The van der Waals surface area contributed by atoms with Crippen LogP contribution in [-0.4, -0.2) is 19.6 Å². The molecular weight excluding hydrogens is 333 g/mol. The number of nitrogens with one attached hydrogen (secondary N) is 1. The van der Waals surface area contributed by atoms with Gasteiger partial charge >= 0.3 is 0 Å². The molecule has 0 saturated carbocycles. The van der Waals surface area contributed by atoms with Gasteiger partial charge in [-0.1, -0.05) is 18.2 Å². The number of unbranched alkanes of at least 4 members (excludes halogenated alkanes) is 1. The molecule has 2 rings (SSSR count). The maximum atomic E-state index is 13.6. The molecule has 0 bridgehead atoms. The van der Waals surface area contributed by atoms with E-state index in [2.05, 4.69) is 11.4 Å². The number of hydrogen-bond donors (Lipinski definition) is 1. The first kappa shape index (κ1) is 19.8. The molecule has 26 heavy (non-hydrogen) atoms. The summed E-state index contributed by atoms with van der Waals surface area (Å²) >= 11 is 0. The maximum Gasteiger partial charge on any atom is 0.220 e. The van der Waals surface area contributed by atoms with Gasteiger partial charge in [0.1, 0.15) is 5.75 Å². The van der Waals surface area contributed by atoms with Crippen molar-refractivity contribution >= 4 is 5.91 Å². The Hall–Kier alpha value is -2.56. The molecule has 0 aromatic heterocycles. The van der Waals surface area contributed by atoms with Crippen LogP contribution in [0.2, 0.25) is 0 Å². The van der Waals surface area contributed by atoms with Crippen LogP contribution in [0, 0.1) is 19.7 Å². The number of carbonyl (C=O) groups is 1. The maximum absolute atomic E-state index is 13.6. The molecule has 0 fully saturated rings. The van der Waals surface area contributed by atoms with E-state index in [0.717, 1.165) is 24.2 Å². The van der Waals surface area contributed by atoms with E-state index >= 15 is 0 Å². The van der Waals surface area contributed by atoms with Crippen LogP contribution in [0.1, 0.15) is 36.0 Å². The average Bonchev–Trinajstić information content (AvgIpc) is 2.62. The van der Waals surface area contributed by atoms with Crippen molar-refractivity contribution in [3.05, 3.63) is 58.9 Å². The lowest BCUT2D eigenvalue weighted by atomic mass is 10.1. The van der Waals surface area contributed by atoms with Crippen LogP contribution in [0.5, 0.6) is 11.5 Å². The van der Waals surface area contributed by atoms with E-state index in [1.807, 2.05) is 26.0 Å². The number of hydrogen-bond acceptors (Lipinski definition) is 3. The van der Waals surface area contributed by atoms with Crippen LogP contribution < -0.4 is 14.8 Å². The van der Waals surface area contributed by atoms with E-state index in [9.17, 15) is 9.18 Å². The molecule has 2 aromatic carbocycles. The smallest absolute Gasteiger partial charge is 0.220 e. The first-order valence-corrected chi connectivity index (χ1v) is 8.79. The van der Waals surface area contributed by atoms with Gasteiger partial charge in [-0.15, -0.1) is 0 Å². The van der Waals surface area contributed by atoms with Crippen LogP contribution in [0.15, 0.2) is 36.4 Å². The van der Waals surface area contributed by atoms with E-state index in [4.69, 9.17) is 9.47 Å². The highest BCUT2D eigenvalue weighted by Crippen LogP contribution is 2.19. The predicted octanol–water partition coefficient (Wildman–Crippen LogP) is 4.32. The Labute approximate surface area is 154 Å². The van der Waals surface area contributed by atoms with Gasteiger partial charge in [-0.3, -0.25) is 4.79 Å². The van der Waals surface area contributed by atoms with Gasteiger partial charge in [0, 0.05) is 13.0 Å². The number of rotatable bonds is 9. The van der Waals surface area contributed by atoms with Gasteiger partial charge in [0.25, 0.3) is 0 Å². The highest BCUT2D eigenvalue weighted by atomic mass is 19.1. The van der Waals surface area contributed by atoms with E-state index in [-0.39, 0.29) is 11.7 Å². The summed E-state index contributed by atoms with van der Waals surface area (Å²) in [6.45, 7) is 4.94. The van der Waals surface area contributed by atoms with Crippen molar-refractivity contribution in [1.29, 1.82) is 0 Å². The Morgan fingerprint density at radius 1 is 1.08 bits per heavy atom. The first-order chi connectivity index (χ1) is 12.5. The van der Waals surface area contributed by atoms with Crippen molar-refractivity contribution in [3.63, 3.8) is 0 Å². The minimum absolute atomic E-state index is 0.0482. The minimum atomic E-state index is -0.428. The lowest BCUT2D eigenvalue weighted by molar-refractivity contribution is -0.121. The molecule has 1 amide bonds. The summed E-state index contributed by atoms with van der Waals surface area (Å²) < 4.78 is 24.3. The normalized spacial score (nSPS) is 10.5. The molecule has 0 radical (unpaired) electrons. The van der Waals surface area contributed by atoms with Crippen molar-refractivity contribution in [3.8, 4) is 11.5 Å². The van der Waals surface area contributed by atoms with Gasteiger partial charge < -0.3 is 14.8 Å². The second-order valence-electron chi connectivity index (χ2n) is 6.32. The van der Waals surface area contributed by atoms with Gasteiger partial charge in [-0.25, -0.2) is 4.39 Å². The van der Waals surface area contributed by atoms with Gasteiger partial charge in [0.2, 0.25) is 5.91 Å². The molecule has 1 N–H and O–H groups in total. The summed E-state index contributed by atoms with van der Waals surface area (Å²) in [5.41, 5.74) is 2.98. The van der Waals surface area contributed by atoms with Crippen molar-refractivity contribution in [2.45, 2.75) is 39.7 Å². The number of halogens is 1. The van der Waals surface area contributed by atoms with Crippen LogP contribution in [-0.2, 0) is 11.3 Å². The van der Waals surface area contributed by atoms with Crippen LogP contribution >= 0.6 is 0 Å². The zero-order valence-electron chi connectivity index (χ0n) is 15.6. The summed E-state index contributed by atoms with van der Waals surface area (Å²) in [6.07, 6.45) is 1.97. The van der Waals surface area contributed by atoms with Crippen molar-refractivity contribution < 1.29 is 18.7 Å². The summed E-state index contributed by atoms with van der Waals surface area (Å²) in [5, 5.41) is 2.80. The van der Waals surface area contributed by atoms with Gasteiger partial charge in [0.05, 0.1) is 13.7 Å². The van der Waals surface area contributed by atoms with E-state index in [1.54, 1.807) is 12.1 Å². The molecule has 0 unspecified atom stereocenters. The third-order valence-electron chi connectivity index (χ3n) is 4.11. The zero-order valence-corrected chi connectivity index (χ0v) is 15.6. The Balaban J connectivity index is 1.64. The van der Waals surface area contributed by atoms with Gasteiger partial charge in [-0.2, -0.15) is 0 Å². The number of benzene rings is 2. The van der Waals surface area contributed by atoms with Gasteiger partial charge in [-0.05, 0) is 61.6 Å². The molecule has 0 heterocycles. The Bertz CT molecular complexity index is 746. The minimum Gasteiger partial charge on any atom is -0.494 e. The SMILES string of the molecule is COc1ccc(CNC(=O)CCCCOc2cc(C)ccc2C)cc1F. The molecule has 140 valence electrons. The molecule has 0 aliphatic rings. The Morgan fingerprint density at radius 2 is 1.88 bits per heavy atom. The fourth-order valence-corrected chi connectivity index (χ4v) is 2.54. The molecule has 0 spiro atoms. The Kier molecular flexibility index (Phi) is 7.45. The molecule has 0 saturated heterocycles. The molecular formula is C21H26FNO3. The number of aryl methyl sites for hydroxylation is 2. The standard InChI is InChI=1S/C21H26FNO3/c1-15-7-8-16(2)20(12-15)26-11-5-4-6-21(24)23-14-17-9-10-19(25-3)18(22)13-17/h7-10,12-13H,4-6,11,14H2,1-3H3,(H,23,24). The average molecular weight is 359 g/mol. The Morgan fingerprint density at radius 3 is 2.62 bits per heavy atom. The zero-order chi connectivity index (χ0) is 18.9. The highest BCUT2D eigenvalue weighted by Gasteiger charge is 2.06. The topological polar surface area (TPSA) is 47.6 Å². The quantitative estimate of drug-likeness (QED) is 0.679. The second-order valence-corrected chi connectivity index (χ2v) is 6.32. The number of methoxy groups -OCH3 is 1. The summed E-state index contributed by atoms with van der Waals surface area (Å²) in [7, 11) is 1.42. The fraction of sp³-hybridized carbons (Fsp3) is 0.381. The summed E-state index contributed by atoms with van der Waals surface area (Å²) in [5.74, 6) is 0.621. The third kappa shape index (κ3) is 6.06. The largest absolute Gasteiger partial charge is 0.494 e. The van der Waals surface area contributed by atoms with E-state index < -0.39 is 5.82 Å². The first-order valence-electron chi connectivity index (χ1n) is 8.79. The fourth-order valence-electron chi connectivity index (χ4n) is 2.54. The molecule has 4 nitrogen and oxygen atoms in total. The molecule has 0 aliphatic heterocycles. The highest BCUT2D eigenvalue weighted by molar-refractivity contribution is 5.75. The molecule has 0 atom stereocenters. The summed E-state index contributed by atoms with van der Waals surface area (Å²) in [4.78, 5) is 11.9. The molecule has 0 aliphatic carbocycles. The van der Waals surface area contributed by atoms with E-state index in [1.165, 1.54) is 18.7 Å². The van der Waals surface area contributed by atoms with Crippen molar-refractivity contribution in [1.82, 2.24) is 5.32 Å². The summed E-state index contributed by atoms with van der Waals surface area (Å²) in [6, 6.07) is 10.8. The van der Waals surface area contributed by atoms with Crippen LogP contribution in [0.4, 0.5) is 4.39 Å².